The van der Waals surface area contributed by atoms with Gasteiger partial charge in [0.15, 0.2) is 6.10 Å². The molecule has 10 heteroatoms. The van der Waals surface area contributed by atoms with E-state index in [-0.39, 0.29) is 32.6 Å². The van der Waals surface area contributed by atoms with Gasteiger partial charge in [-0.3, -0.25) is 18.6 Å². The maximum absolute atomic E-state index is 12.7. The third kappa shape index (κ3) is 52.2. The molecule has 0 saturated carbocycles. The lowest BCUT2D eigenvalue weighted by Gasteiger charge is -2.19. The number of nitrogens with two attached hydrogens (primary N) is 1. The van der Waals surface area contributed by atoms with Crippen molar-refractivity contribution in [1.82, 2.24) is 0 Å². The Hall–Kier alpha value is -3.07. The van der Waals surface area contributed by atoms with Crippen LogP contribution in [0.1, 0.15) is 219 Å². The molecule has 9 nitrogen and oxygen atoms in total. The molecular weight excluding hydrogens is 858 g/mol. The van der Waals surface area contributed by atoms with Crippen LogP contribution in [0.5, 0.6) is 0 Å². The molecule has 0 aliphatic carbocycles. The van der Waals surface area contributed by atoms with Gasteiger partial charge in [-0.1, -0.05) is 214 Å². The molecule has 0 saturated heterocycles. The molecule has 0 aromatic carbocycles. The van der Waals surface area contributed by atoms with E-state index in [0.29, 0.717) is 6.42 Å². The van der Waals surface area contributed by atoms with E-state index in [9.17, 15) is 19.0 Å². The Balaban J connectivity index is 4.01. The van der Waals surface area contributed by atoms with E-state index in [0.717, 1.165) is 103 Å². The van der Waals surface area contributed by atoms with Crippen molar-refractivity contribution in [2.75, 3.05) is 26.4 Å². The minimum Gasteiger partial charge on any atom is -0.462 e. The summed E-state index contributed by atoms with van der Waals surface area (Å²) in [5.74, 6) is -0.843. The first-order chi connectivity index (χ1) is 32.8. The molecule has 0 amide bonds. The molecule has 0 aromatic rings. The Kier molecular flexibility index (Phi) is 49.9. The average molecular weight is 956 g/mol. The van der Waals surface area contributed by atoms with Crippen LogP contribution in [0.4, 0.5) is 0 Å². The first-order valence-electron chi connectivity index (χ1n) is 26.7. The van der Waals surface area contributed by atoms with Gasteiger partial charge in [-0.2, -0.15) is 0 Å². The van der Waals surface area contributed by atoms with Gasteiger partial charge in [0.2, 0.25) is 0 Å². The smallest absolute Gasteiger partial charge is 0.462 e. The van der Waals surface area contributed by atoms with Crippen LogP contribution in [0.3, 0.4) is 0 Å². The number of hydrogen-bond acceptors (Lipinski definition) is 8. The lowest BCUT2D eigenvalue weighted by Crippen LogP contribution is -2.29. The summed E-state index contributed by atoms with van der Waals surface area (Å²) in [6.07, 6.45) is 68.8. The molecule has 0 rings (SSSR count). The topological polar surface area (TPSA) is 134 Å². The molecule has 0 heterocycles. The molecule has 0 bridgehead atoms. The number of phosphoric acid groups is 1. The standard InChI is InChI=1S/C57H98NO8P/c1-3-5-7-9-11-13-15-17-19-21-22-23-24-25-26-27-28-29-30-31-32-34-36-38-40-42-44-46-48-50-57(60)66-55(54-65-67(61,62)64-52-51-58)53-63-56(59)49-47-45-43-41-39-37-35-33-20-18-16-14-12-10-8-6-4-2/h5-8,11-14,17-20,22-23,25-26,55H,3-4,9-10,15-16,21,24,27-54,58H2,1-2H3,(H,61,62)/b7-5-,8-6-,13-11-,14-12-,19-17-,20-18-,23-22-,26-25-. The number of ether oxygens (including phenoxy) is 2. The normalized spacial score (nSPS) is 13.9. The molecule has 0 spiro atoms. The zero-order valence-corrected chi connectivity index (χ0v) is 43.5. The molecule has 0 aromatic heterocycles. The van der Waals surface area contributed by atoms with Crippen molar-refractivity contribution in [2.24, 2.45) is 5.73 Å². The van der Waals surface area contributed by atoms with Crippen molar-refractivity contribution < 1.29 is 37.6 Å². The number of esters is 2. The second kappa shape index (κ2) is 52.3. The van der Waals surface area contributed by atoms with Gasteiger partial charge >= 0.3 is 19.8 Å². The highest BCUT2D eigenvalue weighted by molar-refractivity contribution is 7.47. The maximum atomic E-state index is 12.7. The first-order valence-corrected chi connectivity index (χ1v) is 28.2. The summed E-state index contributed by atoms with van der Waals surface area (Å²) < 4.78 is 33.0. The third-order valence-corrected chi connectivity index (χ3v) is 11.9. The van der Waals surface area contributed by atoms with E-state index in [1.54, 1.807) is 0 Å². The zero-order chi connectivity index (χ0) is 48.8. The van der Waals surface area contributed by atoms with Crippen LogP contribution in [0.25, 0.3) is 0 Å². The van der Waals surface area contributed by atoms with E-state index in [1.165, 1.54) is 83.5 Å². The van der Waals surface area contributed by atoms with Crippen LogP contribution in [0.2, 0.25) is 0 Å². The summed E-state index contributed by atoms with van der Waals surface area (Å²) in [5, 5.41) is 0. The third-order valence-electron chi connectivity index (χ3n) is 11.0. The fourth-order valence-electron chi connectivity index (χ4n) is 7.09. The molecule has 0 fully saturated rings. The van der Waals surface area contributed by atoms with Crippen molar-refractivity contribution >= 4 is 19.8 Å². The van der Waals surface area contributed by atoms with E-state index in [4.69, 9.17) is 24.3 Å². The highest BCUT2D eigenvalue weighted by atomic mass is 31.2. The monoisotopic (exact) mass is 956 g/mol. The number of hydrogen-bond donors (Lipinski definition) is 2. The van der Waals surface area contributed by atoms with Gasteiger partial charge in [0.25, 0.3) is 0 Å². The number of phosphoric ester groups is 1. The fourth-order valence-corrected chi connectivity index (χ4v) is 7.85. The lowest BCUT2D eigenvalue weighted by molar-refractivity contribution is -0.161. The molecule has 384 valence electrons. The van der Waals surface area contributed by atoms with Gasteiger partial charge in [0.05, 0.1) is 13.2 Å². The van der Waals surface area contributed by atoms with Gasteiger partial charge < -0.3 is 20.1 Å². The van der Waals surface area contributed by atoms with Crippen molar-refractivity contribution in [3.63, 3.8) is 0 Å². The Morgan fingerprint density at radius 2 is 0.776 bits per heavy atom. The van der Waals surface area contributed by atoms with Gasteiger partial charge in [-0.25, -0.2) is 4.57 Å². The Morgan fingerprint density at radius 1 is 0.448 bits per heavy atom. The summed E-state index contributed by atoms with van der Waals surface area (Å²) in [6, 6.07) is 0. The van der Waals surface area contributed by atoms with Crippen molar-refractivity contribution in [1.29, 1.82) is 0 Å². The molecular formula is C57H98NO8P. The SMILES string of the molecule is CC/C=C\C/C=C\C/C=C\C/C=C\C/C=C\CCCCCCCCCCCCCCCC(=O)OC(COC(=O)CCCCCCCCC/C=C\C/C=C\C/C=C\CC)COP(=O)(O)OCCN. The second-order valence-electron chi connectivity index (χ2n) is 17.3. The fraction of sp³-hybridized carbons (Fsp3) is 0.684. The van der Waals surface area contributed by atoms with Crippen LogP contribution < -0.4 is 5.73 Å². The van der Waals surface area contributed by atoms with Crippen LogP contribution >= 0.6 is 7.82 Å². The number of rotatable bonds is 49. The van der Waals surface area contributed by atoms with Gasteiger partial charge in [-0.15, -0.1) is 0 Å². The Morgan fingerprint density at radius 3 is 1.15 bits per heavy atom. The van der Waals surface area contributed by atoms with E-state index >= 15 is 0 Å². The van der Waals surface area contributed by atoms with E-state index < -0.39 is 32.5 Å². The minimum atomic E-state index is -4.39. The van der Waals surface area contributed by atoms with Crippen LogP contribution in [-0.4, -0.2) is 49.3 Å². The molecule has 0 aliphatic rings. The molecule has 2 unspecified atom stereocenters. The predicted molar refractivity (Wildman–Crippen MR) is 284 cm³/mol. The summed E-state index contributed by atoms with van der Waals surface area (Å²) >= 11 is 0. The maximum Gasteiger partial charge on any atom is 0.472 e. The number of allylic oxidation sites excluding steroid dienone is 16. The van der Waals surface area contributed by atoms with E-state index in [2.05, 4.69) is 111 Å². The van der Waals surface area contributed by atoms with Gasteiger partial charge in [-0.05, 0) is 89.9 Å². The second-order valence-corrected chi connectivity index (χ2v) is 18.8. The number of carbonyl (C=O) groups is 2. The minimum absolute atomic E-state index is 0.0476. The van der Waals surface area contributed by atoms with Crippen LogP contribution in [0, 0.1) is 0 Å². The van der Waals surface area contributed by atoms with Crippen molar-refractivity contribution in [3.8, 4) is 0 Å². The van der Waals surface area contributed by atoms with E-state index in [1.807, 2.05) is 0 Å². The quantitative estimate of drug-likeness (QED) is 0.0264. The van der Waals surface area contributed by atoms with Crippen LogP contribution in [-0.2, 0) is 32.7 Å². The van der Waals surface area contributed by atoms with Crippen molar-refractivity contribution in [2.45, 2.75) is 225 Å². The van der Waals surface area contributed by atoms with Crippen LogP contribution in [0.15, 0.2) is 97.2 Å². The molecule has 67 heavy (non-hydrogen) atoms. The molecule has 0 aliphatic heterocycles. The lowest BCUT2D eigenvalue weighted by atomic mass is 10.0. The Labute approximate surface area is 410 Å². The number of carbonyl (C=O) groups excluding carboxylic acids is 2. The summed E-state index contributed by atoms with van der Waals surface area (Å²) in [6.45, 7) is 3.50. The summed E-state index contributed by atoms with van der Waals surface area (Å²) in [4.78, 5) is 35.1. The summed E-state index contributed by atoms with van der Waals surface area (Å²) in [5.41, 5.74) is 5.37. The first kappa shape index (κ1) is 63.9. The molecule has 0 radical (unpaired) electrons. The van der Waals surface area contributed by atoms with Gasteiger partial charge in [0.1, 0.15) is 6.61 Å². The molecule has 3 N–H and O–H groups in total. The molecule has 2 atom stereocenters. The van der Waals surface area contributed by atoms with Gasteiger partial charge in [0, 0.05) is 19.4 Å². The van der Waals surface area contributed by atoms with Crippen molar-refractivity contribution in [3.05, 3.63) is 97.2 Å². The average Bonchev–Trinajstić information content (AvgIpc) is 3.32. The largest absolute Gasteiger partial charge is 0.472 e. The number of unbranched alkanes of at least 4 members (excludes halogenated alkanes) is 20. The Bertz CT molecular complexity index is 1410. The highest BCUT2D eigenvalue weighted by Crippen LogP contribution is 2.43. The highest BCUT2D eigenvalue weighted by Gasteiger charge is 2.26. The predicted octanol–water partition coefficient (Wildman–Crippen LogP) is 16.5. The zero-order valence-electron chi connectivity index (χ0n) is 42.6. The summed E-state index contributed by atoms with van der Waals surface area (Å²) in [7, 11) is -4.39.